The first-order chi connectivity index (χ1) is 6.66. The van der Waals surface area contributed by atoms with Crippen molar-refractivity contribution in [3.05, 3.63) is 0 Å². The predicted octanol–water partition coefficient (Wildman–Crippen LogP) is 2.25. The van der Waals surface area contributed by atoms with E-state index in [1.165, 1.54) is 32.2 Å². The second-order valence-electron chi connectivity index (χ2n) is 4.82. The van der Waals surface area contributed by atoms with Crippen LogP contribution < -0.4 is 5.32 Å². The summed E-state index contributed by atoms with van der Waals surface area (Å²) >= 11 is 0. The minimum Gasteiger partial charge on any atom is -0.312 e. The lowest BCUT2D eigenvalue weighted by Crippen LogP contribution is -2.47. The van der Waals surface area contributed by atoms with Crippen molar-refractivity contribution in [1.82, 2.24) is 10.2 Å². The highest BCUT2D eigenvalue weighted by Crippen LogP contribution is 2.24. The molecular weight excluding hydrogens is 172 g/mol. The van der Waals surface area contributed by atoms with E-state index in [4.69, 9.17) is 0 Å². The number of hydrogen-bond acceptors (Lipinski definition) is 2. The van der Waals surface area contributed by atoms with Gasteiger partial charge in [-0.1, -0.05) is 13.3 Å². The molecule has 2 heteroatoms. The fraction of sp³-hybridized carbons (Fsp3) is 1.00. The molecule has 14 heavy (non-hydrogen) atoms. The van der Waals surface area contributed by atoms with Gasteiger partial charge in [-0.3, -0.25) is 4.90 Å². The summed E-state index contributed by atoms with van der Waals surface area (Å²) in [4.78, 5) is 2.53. The third kappa shape index (κ3) is 2.96. The molecule has 2 unspecified atom stereocenters. The minimum atomic E-state index is 0.670. The lowest BCUT2D eigenvalue weighted by atomic mass is 10.1. The maximum Gasteiger partial charge on any atom is 0.0249 e. The molecule has 2 nitrogen and oxygen atoms in total. The molecule has 0 spiro atoms. The van der Waals surface area contributed by atoms with E-state index in [0.717, 1.165) is 12.1 Å². The molecule has 0 aliphatic heterocycles. The van der Waals surface area contributed by atoms with E-state index in [9.17, 15) is 0 Å². The van der Waals surface area contributed by atoms with Crippen LogP contribution in [0.5, 0.6) is 0 Å². The van der Waals surface area contributed by atoms with Gasteiger partial charge >= 0.3 is 0 Å². The summed E-state index contributed by atoms with van der Waals surface area (Å²) in [5, 5.41) is 3.68. The SMILES string of the molecule is CCCNC1CCCC1N(C)C(C)C. The lowest BCUT2D eigenvalue weighted by Gasteiger charge is -2.33. The van der Waals surface area contributed by atoms with Crippen LogP contribution in [0, 0.1) is 0 Å². The van der Waals surface area contributed by atoms with Gasteiger partial charge in [-0.2, -0.15) is 0 Å². The highest BCUT2D eigenvalue weighted by molar-refractivity contribution is 4.90. The van der Waals surface area contributed by atoms with E-state index in [2.05, 4.69) is 38.0 Å². The molecule has 1 rings (SSSR count). The number of hydrogen-bond donors (Lipinski definition) is 1. The van der Waals surface area contributed by atoms with E-state index in [1.54, 1.807) is 0 Å². The molecule has 0 aromatic heterocycles. The van der Waals surface area contributed by atoms with Gasteiger partial charge in [-0.15, -0.1) is 0 Å². The zero-order valence-corrected chi connectivity index (χ0v) is 10.2. The molecule has 1 saturated carbocycles. The summed E-state index contributed by atoms with van der Waals surface area (Å²) in [5.41, 5.74) is 0. The molecule has 0 aromatic rings. The van der Waals surface area contributed by atoms with Crippen LogP contribution in [-0.4, -0.2) is 36.6 Å². The van der Waals surface area contributed by atoms with Crippen LogP contribution in [0.2, 0.25) is 0 Å². The van der Waals surface area contributed by atoms with E-state index in [1.807, 2.05) is 0 Å². The zero-order chi connectivity index (χ0) is 10.6. The van der Waals surface area contributed by atoms with Gasteiger partial charge < -0.3 is 5.32 Å². The molecule has 1 N–H and O–H groups in total. The summed E-state index contributed by atoms with van der Waals surface area (Å²) in [6.07, 6.45) is 5.37. The fourth-order valence-corrected chi connectivity index (χ4v) is 2.38. The number of nitrogens with zero attached hydrogens (tertiary/aromatic N) is 1. The maximum absolute atomic E-state index is 3.68. The van der Waals surface area contributed by atoms with Crippen molar-refractivity contribution in [2.24, 2.45) is 0 Å². The molecule has 0 bridgehead atoms. The van der Waals surface area contributed by atoms with Gasteiger partial charge in [-0.25, -0.2) is 0 Å². The number of likely N-dealkylation sites (N-methyl/N-ethyl adjacent to an activating group) is 1. The minimum absolute atomic E-state index is 0.670. The van der Waals surface area contributed by atoms with E-state index < -0.39 is 0 Å². The predicted molar refractivity (Wildman–Crippen MR) is 62.6 cm³/mol. The molecule has 1 aliphatic rings. The second-order valence-corrected chi connectivity index (χ2v) is 4.82. The molecule has 0 amide bonds. The molecule has 0 aromatic carbocycles. The van der Waals surface area contributed by atoms with Gasteiger partial charge in [-0.05, 0) is 46.7 Å². The Morgan fingerprint density at radius 2 is 2.07 bits per heavy atom. The summed E-state index contributed by atoms with van der Waals surface area (Å²) in [5.74, 6) is 0. The Hall–Kier alpha value is -0.0800. The molecule has 1 aliphatic carbocycles. The third-order valence-corrected chi connectivity index (χ3v) is 3.47. The van der Waals surface area contributed by atoms with Crippen molar-refractivity contribution in [1.29, 1.82) is 0 Å². The number of nitrogens with one attached hydrogen (secondary N) is 1. The van der Waals surface area contributed by atoms with Crippen LogP contribution in [0.4, 0.5) is 0 Å². The molecule has 2 atom stereocenters. The van der Waals surface area contributed by atoms with Crippen LogP contribution in [0.15, 0.2) is 0 Å². The van der Waals surface area contributed by atoms with Gasteiger partial charge in [0.15, 0.2) is 0 Å². The monoisotopic (exact) mass is 198 g/mol. The average molecular weight is 198 g/mol. The topological polar surface area (TPSA) is 15.3 Å². The van der Waals surface area contributed by atoms with Crippen molar-refractivity contribution in [3.8, 4) is 0 Å². The van der Waals surface area contributed by atoms with E-state index in [-0.39, 0.29) is 0 Å². The van der Waals surface area contributed by atoms with Gasteiger partial charge in [0, 0.05) is 18.1 Å². The van der Waals surface area contributed by atoms with Gasteiger partial charge in [0.25, 0.3) is 0 Å². The van der Waals surface area contributed by atoms with Gasteiger partial charge in [0.05, 0.1) is 0 Å². The molecule has 84 valence electrons. The lowest BCUT2D eigenvalue weighted by molar-refractivity contribution is 0.171. The zero-order valence-electron chi connectivity index (χ0n) is 10.2. The Morgan fingerprint density at radius 1 is 1.36 bits per heavy atom. The second kappa shape index (κ2) is 5.72. The van der Waals surface area contributed by atoms with E-state index in [0.29, 0.717) is 6.04 Å². The van der Waals surface area contributed by atoms with E-state index >= 15 is 0 Å². The molecular formula is C12H26N2. The Morgan fingerprint density at radius 3 is 2.64 bits per heavy atom. The largest absolute Gasteiger partial charge is 0.312 e. The standard InChI is InChI=1S/C12H26N2/c1-5-9-13-11-7-6-8-12(11)14(4)10(2)3/h10-13H,5-9H2,1-4H3. The van der Waals surface area contributed by atoms with Gasteiger partial charge in [0.1, 0.15) is 0 Å². The molecule has 1 fully saturated rings. The first kappa shape index (κ1) is 12.0. The highest BCUT2D eigenvalue weighted by atomic mass is 15.2. The van der Waals surface area contributed by atoms with Crippen molar-refractivity contribution in [2.45, 2.75) is 64.6 Å². The fourth-order valence-electron chi connectivity index (χ4n) is 2.38. The Kier molecular flexibility index (Phi) is 4.90. The summed E-state index contributed by atoms with van der Waals surface area (Å²) < 4.78 is 0. The third-order valence-electron chi connectivity index (χ3n) is 3.47. The first-order valence-electron chi connectivity index (χ1n) is 6.12. The van der Waals surface area contributed by atoms with Crippen LogP contribution in [0.1, 0.15) is 46.5 Å². The highest BCUT2D eigenvalue weighted by Gasteiger charge is 2.30. The first-order valence-corrected chi connectivity index (χ1v) is 6.12. The van der Waals surface area contributed by atoms with Crippen molar-refractivity contribution in [3.63, 3.8) is 0 Å². The average Bonchev–Trinajstić information content (AvgIpc) is 2.61. The Balaban J connectivity index is 2.42. The maximum atomic E-state index is 3.68. The van der Waals surface area contributed by atoms with Crippen LogP contribution in [-0.2, 0) is 0 Å². The van der Waals surface area contributed by atoms with Crippen molar-refractivity contribution < 1.29 is 0 Å². The summed E-state index contributed by atoms with van der Waals surface area (Å²) in [6.45, 7) is 7.99. The quantitative estimate of drug-likeness (QED) is 0.729. The Bertz CT molecular complexity index is 156. The normalized spacial score (nSPS) is 27.9. The molecule has 0 radical (unpaired) electrons. The van der Waals surface area contributed by atoms with Crippen molar-refractivity contribution in [2.75, 3.05) is 13.6 Å². The number of rotatable bonds is 5. The summed E-state index contributed by atoms with van der Waals surface area (Å²) in [6, 6.07) is 2.17. The van der Waals surface area contributed by atoms with Crippen molar-refractivity contribution >= 4 is 0 Å². The molecule has 0 saturated heterocycles. The molecule has 0 heterocycles. The van der Waals surface area contributed by atoms with Crippen LogP contribution in [0.25, 0.3) is 0 Å². The smallest absolute Gasteiger partial charge is 0.0249 e. The Labute approximate surface area is 89.1 Å². The van der Waals surface area contributed by atoms with Crippen LogP contribution in [0.3, 0.4) is 0 Å². The van der Waals surface area contributed by atoms with Gasteiger partial charge in [0.2, 0.25) is 0 Å². The summed E-state index contributed by atoms with van der Waals surface area (Å²) in [7, 11) is 2.27. The van der Waals surface area contributed by atoms with Crippen LogP contribution >= 0.6 is 0 Å².